The van der Waals surface area contributed by atoms with Gasteiger partial charge in [-0.3, -0.25) is 0 Å². The fourth-order valence-electron chi connectivity index (χ4n) is 1.93. The van der Waals surface area contributed by atoms with Gasteiger partial charge >= 0.3 is 0 Å². The second-order valence-corrected chi connectivity index (χ2v) is 5.56. The Hall–Kier alpha value is -1.23. The Morgan fingerprint density at radius 1 is 1.28 bits per heavy atom. The zero-order chi connectivity index (χ0) is 13.0. The van der Waals surface area contributed by atoms with Crippen LogP contribution in [0, 0.1) is 13.8 Å². The van der Waals surface area contributed by atoms with Gasteiger partial charge in [0.2, 0.25) is 0 Å². The van der Waals surface area contributed by atoms with Gasteiger partial charge in [0.15, 0.2) is 0 Å². The van der Waals surface area contributed by atoms with Crippen molar-refractivity contribution in [3.05, 3.63) is 51.5 Å². The number of benzene rings is 1. The minimum atomic E-state index is -0.0204. The Labute approximate surface area is 112 Å². The van der Waals surface area contributed by atoms with Crippen molar-refractivity contribution in [3.8, 4) is 0 Å². The summed E-state index contributed by atoms with van der Waals surface area (Å²) in [6.45, 7) is 4.89. The molecule has 1 aromatic heterocycles. The van der Waals surface area contributed by atoms with E-state index in [4.69, 9.17) is 0 Å². The summed E-state index contributed by atoms with van der Waals surface area (Å²) in [6, 6.07) is 9.99. The second kappa shape index (κ2) is 6.09. The van der Waals surface area contributed by atoms with Crippen LogP contribution in [0.4, 0.5) is 0 Å². The molecular formula is C14H18N2OS. The van der Waals surface area contributed by atoms with Crippen molar-refractivity contribution >= 4 is 11.3 Å². The first-order valence-electron chi connectivity index (χ1n) is 6.03. The summed E-state index contributed by atoms with van der Waals surface area (Å²) < 4.78 is 0. The Morgan fingerprint density at radius 3 is 2.56 bits per heavy atom. The first kappa shape index (κ1) is 13.2. The second-order valence-electron chi connectivity index (χ2n) is 4.27. The number of aliphatic hydroxyl groups excluding tert-OH is 1. The lowest BCUT2D eigenvalue weighted by atomic mass is 10.1. The van der Waals surface area contributed by atoms with E-state index in [9.17, 15) is 5.11 Å². The molecule has 0 unspecified atom stereocenters. The molecule has 0 aliphatic rings. The third kappa shape index (κ3) is 3.16. The lowest BCUT2D eigenvalue weighted by Crippen LogP contribution is -2.23. The number of aliphatic hydroxyl groups is 1. The number of hydrogen-bond acceptors (Lipinski definition) is 4. The van der Waals surface area contributed by atoms with Crippen LogP contribution in [0.2, 0.25) is 0 Å². The van der Waals surface area contributed by atoms with Crippen LogP contribution in [0.25, 0.3) is 0 Å². The van der Waals surface area contributed by atoms with Gasteiger partial charge < -0.3 is 10.4 Å². The standard InChI is InChI=1S/C14H18N2OS/c1-10-14(18-11(2)16-10)8-15-13(9-17)12-6-4-3-5-7-12/h3-7,13,15,17H,8-9H2,1-2H3/t13-/m0/s1. The maximum absolute atomic E-state index is 9.46. The maximum atomic E-state index is 9.46. The van der Waals surface area contributed by atoms with Gasteiger partial charge in [0.1, 0.15) is 0 Å². The van der Waals surface area contributed by atoms with Gasteiger partial charge in [0, 0.05) is 11.4 Å². The molecule has 96 valence electrons. The highest BCUT2D eigenvalue weighted by Gasteiger charge is 2.11. The minimum Gasteiger partial charge on any atom is -0.394 e. The molecule has 3 nitrogen and oxygen atoms in total. The van der Waals surface area contributed by atoms with Crippen molar-refractivity contribution in [1.82, 2.24) is 10.3 Å². The number of hydrogen-bond donors (Lipinski definition) is 2. The van der Waals surface area contributed by atoms with Crippen LogP contribution >= 0.6 is 11.3 Å². The van der Waals surface area contributed by atoms with Gasteiger partial charge in [0.05, 0.1) is 23.4 Å². The molecule has 2 aromatic rings. The van der Waals surface area contributed by atoms with Crippen molar-refractivity contribution in [2.45, 2.75) is 26.4 Å². The summed E-state index contributed by atoms with van der Waals surface area (Å²) in [4.78, 5) is 5.64. The lowest BCUT2D eigenvalue weighted by molar-refractivity contribution is 0.244. The van der Waals surface area contributed by atoms with Gasteiger partial charge in [-0.05, 0) is 19.4 Å². The quantitative estimate of drug-likeness (QED) is 0.870. The van der Waals surface area contributed by atoms with Gasteiger partial charge in [-0.25, -0.2) is 4.98 Å². The van der Waals surface area contributed by atoms with Crippen molar-refractivity contribution in [3.63, 3.8) is 0 Å². The number of aryl methyl sites for hydroxylation is 2. The average Bonchev–Trinajstić information content (AvgIpc) is 2.70. The van der Waals surface area contributed by atoms with Crippen LogP contribution in [-0.4, -0.2) is 16.7 Å². The fourth-order valence-corrected chi connectivity index (χ4v) is 2.81. The molecule has 0 aliphatic carbocycles. The van der Waals surface area contributed by atoms with E-state index in [-0.39, 0.29) is 12.6 Å². The van der Waals surface area contributed by atoms with Gasteiger partial charge in [-0.2, -0.15) is 0 Å². The minimum absolute atomic E-state index is 0.0204. The van der Waals surface area contributed by atoms with Gasteiger partial charge in [-0.1, -0.05) is 30.3 Å². The molecule has 0 amide bonds. The van der Waals surface area contributed by atoms with Crippen LogP contribution < -0.4 is 5.32 Å². The van der Waals surface area contributed by atoms with Crippen molar-refractivity contribution < 1.29 is 5.11 Å². The molecule has 0 aliphatic heterocycles. The summed E-state index contributed by atoms with van der Waals surface area (Å²) in [6.07, 6.45) is 0. The molecule has 0 saturated heterocycles. The van der Waals surface area contributed by atoms with E-state index in [0.29, 0.717) is 0 Å². The Bertz CT molecular complexity index is 496. The van der Waals surface area contributed by atoms with Gasteiger partial charge in [0.25, 0.3) is 0 Å². The normalized spacial score (nSPS) is 12.6. The third-order valence-electron chi connectivity index (χ3n) is 2.89. The van der Waals surface area contributed by atoms with E-state index in [0.717, 1.165) is 22.8 Å². The van der Waals surface area contributed by atoms with E-state index in [1.165, 1.54) is 4.88 Å². The summed E-state index contributed by atoms with van der Waals surface area (Å²) in [5, 5.41) is 13.9. The SMILES string of the molecule is Cc1nc(C)c(CN[C@@H](CO)c2ccccc2)s1. The van der Waals surface area contributed by atoms with Crippen molar-refractivity contribution in [2.24, 2.45) is 0 Å². The Morgan fingerprint density at radius 2 is 2.00 bits per heavy atom. The molecule has 0 fully saturated rings. The number of nitrogens with zero attached hydrogens (tertiary/aromatic N) is 1. The monoisotopic (exact) mass is 262 g/mol. The largest absolute Gasteiger partial charge is 0.394 e. The first-order chi connectivity index (χ1) is 8.70. The molecular weight excluding hydrogens is 244 g/mol. The van der Waals surface area contributed by atoms with Crippen molar-refractivity contribution in [2.75, 3.05) is 6.61 Å². The third-order valence-corrected chi connectivity index (χ3v) is 3.97. The molecule has 1 atom stereocenters. The maximum Gasteiger partial charge on any atom is 0.0900 e. The van der Waals surface area contributed by atoms with Crippen LogP contribution in [0.15, 0.2) is 30.3 Å². The topological polar surface area (TPSA) is 45.2 Å². The summed E-state index contributed by atoms with van der Waals surface area (Å²) in [5.41, 5.74) is 2.19. The summed E-state index contributed by atoms with van der Waals surface area (Å²) in [7, 11) is 0. The Balaban J connectivity index is 2.02. The van der Waals surface area contributed by atoms with Crippen LogP contribution in [-0.2, 0) is 6.54 Å². The average molecular weight is 262 g/mol. The number of aromatic nitrogens is 1. The van der Waals surface area contributed by atoms with E-state index >= 15 is 0 Å². The van der Waals surface area contributed by atoms with Gasteiger partial charge in [-0.15, -0.1) is 11.3 Å². The van der Waals surface area contributed by atoms with Crippen molar-refractivity contribution in [1.29, 1.82) is 0 Å². The van der Waals surface area contributed by atoms with E-state index in [2.05, 4.69) is 10.3 Å². The summed E-state index contributed by atoms with van der Waals surface area (Å²) >= 11 is 1.71. The molecule has 18 heavy (non-hydrogen) atoms. The highest BCUT2D eigenvalue weighted by Crippen LogP contribution is 2.19. The summed E-state index contributed by atoms with van der Waals surface area (Å²) in [5.74, 6) is 0. The predicted molar refractivity (Wildman–Crippen MR) is 74.7 cm³/mol. The van der Waals surface area contributed by atoms with E-state index < -0.39 is 0 Å². The lowest BCUT2D eigenvalue weighted by Gasteiger charge is -2.16. The van der Waals surface area contributed by atoms with E-state index in [1.54, 1.807) is 11.3 Å². The molecule has 2 rings (SSSR count). The van der Waals surface area contributed by atoms with Crippen LogP contribution in [0.1, 0.15) is 27.2 Å². The molecule has 0 spiro atoms. The zero-order valence-electron chi connectivity index (χ0n) is 10.7. The number of rotatable bonds is 5. The zero-order valence-corrected chi connectivity index (χ0v) is 11.5. The molecule has 4 heteroatoms. The molecule has 0 saturated carbocycles. The highest BCUT2D eigenvalue weighted by atomic mass is 32.1. The first-order valence-corrected chi connectivity index (χ1v) is 6.84. The molecule has 0 radical (unpaired) electrons. The smallest absolute Gasteiger partial charge is 0.0900 e. The van der Waals surface area contributed by atoms with Crippen LogP contribution in [0.5, 0.6) is 0 Å². The fraction of sp³-hybridized carbons (Fsp3) is 0.357. The molecule has 0 bridgehead atoms. The number of nitrogens with one attached hydrogen (secondary N) is 1. The highest BCUT2D eigenvalue weighted by molar-refractivity contribution is 7.11. The van der Waals surface area contributed by atoms with Crippen LogP contribution in [0.3, 0.4) is 0 Å². The Kier molecular flexibility index (Phi) is 4.47. The predicted octanol–water partition coefficient (Wildman–Crippen LogP) is 2.58. The molecule has 1 heterocycles. The number of thiazole rings is 1. The van der Waals surface area contributed by atoms with E-state index in [1.807, 2.05) is 44.2 Å². The molecule has 1 aromatic carbocycles. The molecule has 2 N–H and O–H groups in total.